The molecule has 0 atom stereocenters. The second-order valence-corrected chi connectivity index (χ2v) is 5.69. The average Bonchev–Trinajstić information content (AvgIpc) is 3.09. The Morgan fingerprint density at radius 3 is 2.22 bits per heavy atom. The van der Waals surface area contributed by atoms with E-state index >= 15 is 0 Å². The first-order valence-corrected chi connectivity index (χ1v) is 7.76. The fourth-order valence-electron chi connectivity index (χ4n) is 2.48. The van der Waals surface area contributed by atoms with Crippen LogP contribution in [0.3, 0.4) is 0 Å². The fourth-order valence-corrected chi connectivity index (χ4v) is 2.48. The Bertz CT molecular complexity index is 754. The van der Waals surface area contributed by atoms with Crippen LogP contribution in [0.15, 0.2) is 67.5 Å². The van der Waals surface area contributed by atoms with Crippen LogP contribution in [0.4, 0.5) is 0 Å². The molecule has 0 spiro atoms. The van der Waals surface area contributed by atoms with Crippen molar-refractivity contribution in [1.29, 1.82) is 0 Å². The lowest BCUT2D eigenvalue weighted by atomic mass is 10.0. The van der Waals surface area contributed by atoms with Gasteiger partial charge in [0.2, 0.25) is 0 Å². The van der Waals surface area contributed by atoms with Crippen molar-refractivity contribution >= 4 is 5.57 Å². The maximum Gasteiger partial charge on any atom is 0.120 e. The molecule has 2 aromatic carbocycles. The van der Waals surface area contributed by atoms with Crippen LogP contribution >= 0.6 is 0 Å². The van der Waals surface area contributed by atoms with Crippen LogP contribution in [-0.2, 0) is 13.1 Å². The zero-order chi connectivity index (χ0) is 16.1. The molecule has 0 amide bonds. The first kappa shape index (κ1) is 15.3. The van der Waals surface area contributed by atoms with Crippen LogP contribution in [0.5, 0.6) is 0 Å². The van der Waals surface area contributed by atoms with Gasteiger partial charge in [-0.05, 0) is 29.2 Å². The molecule has 23 heavy (non-hydrogen) atoms. The number of rotatable bonds is 6. The molecule has 1 heterocycles. The quantitative estimate of drug-likeness (QED) is 0.708. The van der Waals surface area contributed by atoms with E-state index in [0.717, 1.165) is 24.5 Å². The van der Waals surface area contributed by atoms with Gasteiger partial charge in [0.1, 0.15) is 5.82 Å². The lowest BCUT2D eigenvalue weighted by Crippen LogP contribution is -2.13. The average molecular weight is 303 g/mol. The van der Waals surface area contributed by atoms with Gasteiger partial charge in [-0.1, -0.05) is 60.7 Å². The van der Waals surface area contributed by atoms with Gasteiger partial charge in [-0.25, -0.2) is 4.98 Å². The number of aromatic amines is 1. The largest absolute Gasteiger partial charge is 0.348 e. The Kier molecular flexibility index (Phi) is 4.69. The van der Waals surface area contributed by atoms with Crippen molar-refractivity contribution in [2.24, 2.45) is 0 Å². The summed E-state index contributed by atoms with van der Waals surface area (Å²) in [6.07, 6.45) is 3.61. The van der Waals surface area contributed by atoms with Crippen molar-refractivity contribution in [3.8, 4) is 11.1 Å². The molecule has 0 fully saturated rings. The van der Waals surface area contributed by atoms with E-state index in [1.807, 2.05) is 13.1 Å². The van der Waals surface area contributed by atoms with Gasteiger partial charge in [-0.2, -0.15) is 0 Å². The molecule has 3 heteroatoms. The van der Waals surface area contributed by atoms with Crippen molar-refractivity contribution in [2.45, 2.75) is 20.0 Å². The number of H-pyrrole nitrogens is 1. The van der Waals surface area contributed by atoms with Crippen LogP contribution in [-0.4, -0.2) is 9.97 Å². The molecule has 0 saturated carbocycles. The molecular weight excluding hydrogens is 282 g/mol. The number of nitrogens with one attached hydrogen (secondary N) is 2. The van der Waals surface area contributed by atoms with E-state index in [4.69, 9.17) is 0 Å². The molecule has 0 radical (unpaired) electrons. The third-order valence-corrected chi connectivity index (χ3v) is 3.84. The molecule has 0 aliphatic rings. The summed E-state index contributed by atoms with van der Waals surface area (Å²) in [6, 6.07) is 17.2. The summed E-state index contributed by atoms with van der Waals surface area (Å²) in [7, 11) is 0. The summed E-state index contributed by atoms with van der Waals surface area (Å²) >= 11 is 0. The van der Waals surface area contributed by atoms with Gasteiger partial charge < -0.3 is 10.3 Å². The highest BCUT2D eigenvalue weighted by atomic mass is 15.0. The fraction of sp³-hybridized carbons (Fsp3) is 0.150. The zero-order valence-corrected chi connectivity index (χ0v) is 13.3. The van der Waals surface area contributed by atoms with Crippen LogP contribution in [0.1, 0.15) is 23.9 Å². The number of benzene rings is 2. The van der Waals surface area contributed by atoms with Gasteiger partial charge in [-0.3, -0.25) is 0 Å². The number of aromatic nitrogens is 2. The highest BCUT2D eigenvalue weighted by Crippen LogP contribution is 2.22. The van der Waals surface area contributed by atoms with Crippen molar-refractivity contribution in [3.63, 3.8) is 0 Å². The Labute approximate surface area is 137 Å². The predicted molar refractivity (Wildman–Crippen MR) is 95.7 cm³/mol. The van der Waals surface area contributed by atoms with E-state index < -0.39 is 0 Å². The van der Waals surface area contributed by atoms with Crippen LogP contribution < -0.4 is 5.32 Å². The highest BCUT2D eigenvalue weighted by Gasteiger charge is 2.00. The van der Waals surface area contributed by atoms with E-state index in [-0.39, 0.29) is 0 Å². The predicted octanol–water partition coefficient (Wildman–Crippen LogP) is 4.40. The molecule has 3 nitrogen and oxygen atoms in total. The van der Waals surface area contributed by atoms with E-state index in [2.05, 4.69) is 70.4 Å². The summed E-state index contributed by atoms with van der Waals surface area (Å²) in [5.74, 6) is 0.958. The molecule has 2 N–H and O–H groups in total. The molecule has 3 rings (SSSR count). The molecule has 3 aromatic rings. The standard InChI is InChI=1S/C20H21N3/c1-15(2)17-7-9-19(10-8-17)18-5-3-16(4-6-18)13-21-14-20-22-11-12-23-20/h3-12,21H,1,13-14H2,2H3,(H,22,23). The van der Waals surface area contributed by atoms with E-state index in [0.29, 0.717) is 0 Å². The Morgan fingerprint density at radius 1 is 1.00 bits per heavy atom. The van der Waals surface area contributed by atoms with Gasteiger partial charge in [0.25, 0.3) is 0 Å². The van der Waals surface area contributed by atoms with Gasteiger partial charge in [-0.15, -0.1) is 0 Å². The Morgan fingerprint density at radius 2 is 1.65 bits per heavy atom. The molecule has 116 valence electrons. The van der Waals surface area contributed by atoms with E-state index in [1.165, 1.54) is 22.3 Å². The minimum absolute atomic E-state index is 0.747. The molecule has 0 unspecified atom stereocenters. The number of imidazole rings is 1. The lowest BCUT2D eigenvalue weighted by molar-refractivity contribution is 0.669. The molecular formula is C20H21N3. The third kappa shape index (κ3) is 3.96. The smallest absolute Gasteiger partial charge is 0.120 e. The monoisotopic (exact) mass is 303 g/mol. The normalized spacial score (nSPS) is 10.7. The third-order valence-electron chi connectivity index (χ3n) is 3.84. The summed E-state index contributed by atoms with van der Waals surface area (Å²) in [5.41, 5.74) is 6.00. The van der Waals surface area contributed by atoms with Crippen molar-refractivity contribution in [1.82, 2.24) is 15.3 Å². The van der Waals surface area contributed by atoms with Gasteiger partial charge in [0.15, 0.2) is 0 Å². The van der Waals surface area contributed by atoms with Crippen molar-refractivity contribution < 1.29 is 0 Å². The Balaban J connectivity index is 1.61. The molecule has 0 saturated heterocycles. The van der Waals surface area contributed by atoms with Crippen molar-refractivity contribution in [3.05, 3.63) is 84.5 Å². The number of allylic oxidation sites excluding steroid dienone is 1. The van der Waals surface area contributed by atoms with Gasteiger partial charge >= 0.3 is 0 Å². The highest BCUT2D eigenvalue weighted by molar-refractivity contribution is 5.68. The van der Waals surface area contributed by atoms with E-state index in [1.54, 1.807) is 6.20 Å². The molecule has 1 aromatic heterocycles. The summed E-state index contributed by atoms with van der Waals surface area (Å²) in [6.45, 7) is 7.58. The lowest BCUT2D eigenvalue weighted by Gasteiger charge is -2.07. The summed E-state index contributed by atoms with van der Waals surface area (Å²) in [4.78, 5) is 7.28. The molecule has 0 aliphatic carbocycles. The number of nitrogens with zero attached hydrogens (tertiary/aromatic N) is 1. The zero-order valence-electron chi connectivity index (χ0n) is 13.3. The SMILES string of the molecule is C=C(C)c1ccc(-c2ccc(CNCc3ncc[nH]3)cc2)cc1. The van der Waals surface area contributed by atoms with Crippen LogP contribution in [0.2, 0.25) is 0 Å². The second kappa shape index (κ2) is 7.07. The second-order valence-electron chi connectivity index (χ2n) is 5.69. The van der Waals surface area contributed by atoms with Crippen LogP contribution in [0, 0.1) is 0 Å². The number of hydrogen-bond donors (Lipinski definition) is 2. The number of hydrogen-bond acceptors (Lipinski definition) is 2. The first-order chi connectivity index (χ1) is 11.2. The summed E-state index contributed by atoms with van der Waals surface area (Å²) in [5, 5.41) is 3.38. The van der Waals surface area contributed by atoms with Crippen molar-refractivity contribution in [2.75, 3.05) is 0 Å². The topological polar surface area (TPSA) is 40.7 Å². The maximum atomic E-state index is 4.20. The minimum atomic E-state index is 0.747. The molecule has 0 bridgehead atoms. The Hall–Kier alpha value is -2.65. The maximum absolute atomic E-state index is 4.20. The minimum Gasteiger partial charge on any atom is -0.348 e. The van der Waals surface area contributed by atoms with E-state index in [9.17, 15) is 0 Å². The van der Waals surface area contributed by atoms with Gasteiger partial charge in [0, 0.05) is 18.9 Å². The van der Waals surface area contributed by atoms with Crippen LogP contribution in [0.25, 0.3) is 16.7 Å². The summed E-state index contributed by atoms with van der Waals surface area (Å²) < 4.78 is 0. The van der Waals surface area contributed by atoms with Gasteiger partial charge in [0.05, 0.1) is 6.54 Å². The molecule has 0 aliphatic heterocycles. The first-order valence-electron chi connectivity index (χ1n) is 7.76.